The maximum atomic E-state index is 14.9. The minimum absolute atomic E-state index is 0.00326. The van der Waals surface area contributed by atoms with Crippen molar-refractivity contribution in [1.82, 2.24) is 14.6 Å². The number of hydrogen-bond acceptors (Lipinski definition) is 10. The molecule has 0 radical (unpaired) electrons. The van der Waals surface area contributed by atoms with Crippen LogP contribution in [0.2, 0.25) is 5.02 Å². The maximum Gasteiger partial charge on any atom is 0.427 e. The molecular weight excluding hydrogens is 851 g/mol. The zero-order valence-electron chi connectivity index (χ0n) is 36.2. The van der Waals surface area contributed by atoms with Crippen molar-refractivity contribution in [2.45, 2.75) is 141 Å². The number of alkyl halides is 3. The molecule has 7 atom stereocenters. The largest absolute Gasteiger partial charge is 0.491 e. The number of carbonyl (C=O) groups is 4. The van der Waals surface area contributed by atoms with Crippen molar-refractivity contribution in [3.8, 4) is 22.9 Å². The minimum atomic E-state index is -4.88. The van der Waals surface area contributed by atoms with Gasteiger partial charge in [-0.2, -0.15) is 13.2 Å². The smallest absolute Gasteiger partial charge is 0.427 e. The number of amides is 2. The number of hydrogen-bond donors (Lipinski definition) is 1. The van der Waals surface area contributed by atoms with Gasteiger partial charge in [0.15, 0.2) is 5.78 Å². The number of aromatic nitrogens is 1. The fourth-order valence-corrected chi connectivity index (χ4v) is 10.0. The molecular formula is C45H57ClF3N3O9S. The van der Waals surface area contributed by atoms with E-state index < -0.39 is 98.3 Å². The molecule has 1 saturated heterocycles. The summed E-state index contributed by atoms with van der Waals surface area (Å²) in [4.78, 5) is 62.9. The van der Waals surface area contributed by atoms with E-state index in [-0.39, 0.29) is 37.3 Å². The molecule has 0 spiro atoms. The van der Waals surface area contributed by atoms with Gasteiger partial charge < -0.3 is 19.1 Å². The molecule has 2 saturated carbocycles. The first-order valence-electron chi connectivity index (χ1n) is 21.3. The molecule has 3 fully saturated rings. The van der Waals surface area contributed by atoms with Gasteiger partial charge in [0.25, 0.3) is 0 Å². The molecule has 1 aromatic heterocycles. The normalized spacial score (nSPS) is 28.5. The summed E-state index contributed by atoms with van der Waals surface area (Å²) in [7, 11) is -4.05. The first-order valence-corrected chi connectivity index (χ1v) is 23.2. The average molecular weight is 908 g/mol. The van der Waals surface area contributed by atoms with Gasteiger partial charge in [0.1, 0.15) is 11.9 Å². The van der Waals surface area contributed by atoms with Crippen LogP contribution in [0.3, 0.4) is 0 Å². The van der Waals surface area contributed by atoms with E-state index in [0.717, 1.165) is 13.8 Å². The van der Waals surface area contributed by atoms with Crippen LogP contribution in [0.1, 0.15) is 106 Å². The highest BCUT2D eigenvalue weighted by Crippen LogP contribution is 2.58. The number of Topliss-reactive ketones (excluding diaryl/α,β-unsaturated/α-hetero) is 1. The fraction of sp³-hybridized carbons (Fsp3) is 0.622. The topological polar surface area (TPSA) is 158 Å². The Balaban J connectivity index is 1.33. The minimum Gasteiger partial charge on any atom is -0.491 e. The number of sulfonamides is 1. The van der Waals surface area contributed by atoms with Crippen molar-refractivity contribution < 1.29 is 55.0 Å². The Labute approximate surface area is 366 Å². The molecule has 2 amide bonds. The summed E-state index contributed by atoms with van der Waals surface area (Å²) in [5.74, 6) is -4.56. The number of nitrogens with one attached hydrogen (secondary N) is 1. The SMILES string of the molecule is CC(C)Oc1ccc(-c2cc(Cl)cc(O[C@@H]3C[C@H]4C(=O)C[C@]5(C(=O)NS(=O)(=O)C6(C)CC6)C[C@H]5/C=C\CC[C@@H](C)C[C@@H](C)[C@H](CC(=O)OC(C)(C)C(F)(F)F)C(=O)N4C3)n2)cc1. The number of esters is 1. The summed E-state index contributed by atoms with van der Waals surface area (Å²) in [6.07, 6.45) is -0.468. The highest BCUT2D eigenvalue weighted by molar-refractivity contribution is 7.91. The lowest BCUT2D eigenvalue weighted by atomic mass is 9.82. The van der Waals surface area contributed by atoms with Gasteiger partial charge >= 0.3 is 12.1 Å². The first kappa shape index (κ1) is 47.3. The van der Waals surface area contributed by atoms with Crippen LogP contribution < -0.4 is 14.2 Å². The molecule has 1 N–H and O–H groups in total. The number of halogens is 4. The van der Waals surface area contributed by atoms with Crippen molar-refractivity contribution in [3.63, 3.8) is 0 Å². The van der Waals surface area contributed by atoms with Crippen LogP contribution in [0, 0.1) is 29.1 Å². The molecule has 4 aliphatic rings. The van der Waals surface area contributed by atoms with Gasteiger partial charge in [0.2, 0.25) is 33.3 Å². The van der Waals surface area contributed by atoms with E-state index in [0.29, 0.717) is 54.1 Å². The molecule has 6 rings (SSSR count). The number of carbonyl (C=O) groups excluding carboxylic acids is 4. The second-order valence-electron chi connectivity index (χ2n) is 18.8. The Morgan fingerprint density at radius 2 is 1.74 bits per heavy atom. The van der Waals surface area contributed by atoms with E-state index in [2.05, 4.69) is 9.71 Å². The Morgan fingerprint density at radius 1 is 1.06 bits per heavy atom. The van der Waals surface area contributed by atoms with Crippen molar-refractivity contribution in [2.24, 2.45) is 29.1 Å². The van der Waals surface area contributed by atoms with Crippen LogP contribution >= 0.6 is 11.6 Å². The Morgan fingerprint density at radius 3 is 2.37 bits per heavy atom. The summed E-state index contributed by atoms with van der Waals surface area (Å²) in [5.41, 5.74) is -3.04. The zero-order valence-corrected chi connectivity index (χ0v) is 37.8. The number of rotatable bonds is 11. The number of pyridine rings is 1. The van der Waals surface area contributed by atoms with Gasteiger partial charge in [-0.15, -0.1) is 0 Å². The molecule has 0 bridgehead atoms. The predicted octanol–water partition coefficient (Wildman–Crippen LogP) is 8.40. The molecule has 1 aromatic carbocycles. The molecule has 340 valence electrons. The van der Waals surface area contributed by atoms with E-state index in [1.165, 1.54) is 11.0 Å². The van der Waals surface area contributed by atoms with Crippen LogP contribution in [0.15, 0.2) is 48.6 Å². The fourth-order valence-electron chi connectivity index (χ4n) is 8.48. The van der Waals surface area contributed by atoms with E-state index in [1.807, 2.05) is 45.1 Å². The van der Waals surface area contributed by atoms with Gasteiger partial charge in [-0.1, -0.05) is 37.6 Å². The molecule has 2 aliphatic carbocycles. The highest BCUT2D eigenvalue weighted by atomic mass is 35.5. The van der Waals surface area contributed by atoms with Gasteiger partial charge in [-0.3, -0.25) is 23.9 Å². The number of ether oxygens (including phenoxy) is 3. The summed E-state index contributed by atoms with van der Waals surface area (Å²) in [6.45, 7) is 10.4. The summed E-state index contributed by atoms with van der Waals surface area (Å²) in [6, 6.07) is 9.17. The summed E-state index contributed by atoms with van der Waals surface area (Å²) >= 11 is 6.55. The lowest BCUT2D eigenvalue weighted by Crippen LogP contribution is -2.48. The van der Waals surface area contributed by atoms with Crippen molar-refractivity contribution in [2.75, 3.05) is 6.54 Å². The molecule has 3 heterocycles. The summed E-state index contributed by atoms with van der Waals surface area (Å²) in [5, 5.41) is 0.298. The third-order valence-electron chi connectivity index (χ3n) is 12.8. The van der Waals surface area contributed by atoms with Crippen molar-refractivity contribution in [1.29, 1.82) is 0 Å². The van der Waals surface area contributed by atoms with Gasteiger partial charge in [0.05, 0.1) is 46.9 Å². The van der Waals surface area contributed by atoms with Crippen LogP contribution in [-0.2, 0) is 33.9 Å². The maximum absolute atomic E-state index is 14.9. The summed E-state index contributed by atoms with van der Waals surface area (Å²) < 4.78 is 86.2. The second-order valence-corrected chi connectivity index (χ2v) is 21.4. The van der Waals surface area contributed by atoms with Crippen LogP contribution in [0.25, 0.3) is 11.3 Å². The predicted molar refractivity (Wildman–Crippen MR) is 225 cm³/mol. The lowest BCUT2D eigenvalue weighted by molar-refractivity contribution is -0.257. The van der Waals surface area contributed by atoms with Gasteiger partial charge in [-0.05, 0) is 121 Å². The van der Waals surface area contributed by atoms with Crippen LogP contribution in [0.4, 0.5) is 13.2 Å². The highest BCUT2D eigenvalue weighted by Gasteiger charge is 2.63. The standard InChI is InChI=1S/C45H57ClF3N3O9S/c1-26(2)59-32-14-12-29(13-15-32)35-19-31(46)20-38(50-35)60-33-21-36-37(53)24-44(41(56)51-62(57,58)43(7)16-17-43)23-30(44)11-9-8-10-27(3)18-28(4)34(40(55)52(36)25-33)22-39(54)61-42(5,6)45(47,48)49/h9,11-15,19-20,26-28,30,33-34,36H,8,10,16-18,21-25H2,1-7H3,(H,51,56)/b11-9-/t27-,28-,30-,33-,34+,36+,44-/m1/s1. The van der Waals surface area contributed by atoms with E-state index in [4.69, 9.17) is 25.8 Å². The number of fused-ring (bicyclic) bond motifs is 2. The van der Waals surface area contributed by atoms with Crippen molar-refractivity contribution >= 4 is 45.2 Å². The van der Waals surface area contributed by atoms with E-state index >= 15 is 0 Å². The Kier molecular flexibility index (Phi) is 13.6. The number of ketones is 1. The number of nitrogens with zero attached hydrogens (tertiary/aromatic N) is 2. The Hall–Kier alpha value is -4.18. The van der Waals surface area contributed by atoms with Gasteiger partial charge in [0, 0.05) is 29.5 Å². The monoisotopic (exact) mass is 907 g/mol. The van der Waals surface area contributed by atoms with E-state index in [1.54, 1.807) is 32.0 Å². The molecule has 12 nitrogen and oxygen atoms in total. The Bertz CT molecular complexity index is 2180. The molecule has 62 heavy (non-hydrogen) atoms. The van der Waals surface area contributed by atoms with E-state index in [9.17, 15) is 40.8 Å². The second kappa shape index (κ2) is 17.8. The molecule has 2 aliphatic heterocycles. The zero-order chi connectivity index (χ0) is 45.6. The van der Waals surface area contributed by atoms with Gasteiger partial charge in [-0.25, -0.2) is 13.4 Å². The number of benzene rings is 1. The molecule has 2 aromatic rings. The average Bonchev–Trinajstić information content (AvgIpc) is 4.04. The third kappa shape index (κ3) is 10.6. The third-order valence-corrected chi connectivity index (χ3v) is 15.2. The van der Waals surface area contributed by atoms with Crippen LogP contribution in [0.5, 0.6) is 11.6 Å². The first-order chi connectivity index (χ1) is 28.8. The van der Waals surface area contributed by atoms with Crippen molar-refractivity contribution in [3.05, 3.63) is 53.6 Å². The molecule has 0 unspecified atom stereocenters. The van der Waals surface area contributed by atoms with Crippen LogP contribution in [-0.4, -0.2) is 83.2 Å². The molecule has 17 heteroatoms. The number of allylic oxidation sites excluding steroid dienone is 2. The lowest BCUT2D eigenvalue weighted by Gasteiger charge is -2.33. The quantitative estimate of drug-likeness (QED) is 0.172.